The molecule has 130 valence electrons. The van der Waals surface area contributed by atoms with Gasteiger partial charge in [-0.15, -0.1) is 0 Å². The van der Waals surface area contributed by atoms with E-state index in [-0.39, 0.29) is 22.3 Å². The van der Waals surface area contributed by atoms with Crippen molar-refractivity contribution in [2.75, 3.05) is 11.4 Å². The monoisotopic (exact) mass is 359 g/mol. The van der Waals surface area contributed by atoms with Crippen LogP contribution < -0.4 is 9.08 Å². The minimum Gasteiger partial charge on any atom is -0.379 e. The van der Waals surface area contributed by atoms with Gasteiger partial charge in [-0.3, -0.25) is 9.59 Å². The molecule has 7 heteroatoms. The summed E-state index contributed by atoms with van der Waals surface area (Å²) in [5, 5.41) is 0. The van der Waals surface area contributed by atoms with Crippen molar-refractivity contribution in [3.05, 3.63) is 53.6 Å². The topological polar surface area (TPSA) is 80.8 Å². The Morgan fingerprint density at radius 3 is 2.32 bits per heavy atom. The summed E-state index contributed by atoms with van der Waals surface area (Å²) >= 11 is 0. The van der Waals surface area contributed by atoms with Gasteiger partial charge in [0.05, 0.1) is 0 Å². The molecule has 25 heavy (non-hydrogen) atoms. The summed E-state index contributed by atoms with van der Waals surface area (Å²) in [6.45, 7) is 3.45. The van der Waals surface area contributed by atoms with Crippen molar-refractivity contribution in [3.63, 3.8) is 0 Å². The van der Waals surface area contributed by atoms with Crippen LogP contribution in [-0.2, 0) is 21.3 Å². The van der Waals surface area contributed by atoms with Crippen LogP contribution in [0.3, 0.4) is 0 Å². The number of nitrogens with zero attached hydrogens (tertiary/aromatic N) is 1. The van der Waals surface area contributed by atoms with Crippen molar-refractivity contribution >= 4 is 27.5 Å². The van der Waals surface area contributed by atoms with Crippen LogP contribution in [0.2, 0.25) is 0 Å². The van der Waals surface area contributed by atoms with E-state index < -0.39 is 10.1 Å². The maximum atomic E-state index is 12.5. The Bertz CT molecular complexity index is 948. The molecule has 0 aromatic heterocycles. The highest BCUT2D eigenvalue weighted by Crippen LogP contribution is 2.31. The van der Waals surface area contributed by atoms with E-state index in [0.29, 0.717) is 18.5 Å². The Morgan fingerprint density at radius 2 is 1.72 bits per heavy atom. The van der Waals surface area contributed by atoms with Crippen LogP contribution in [-0.4, -0.2) is 26.7 Å². The van der Waals surface area contributed by atoms with Crippen LogP contribution in [0.5, 0.6) is 5.75 Å². The van der Waals surface area contributed by atoms with Gasteiger partial charge in [0.25, 0.3) is 0 Å². The van der Waals surface area contributed by atoms with E-state index >= 15 is 0 Å². The van der Waals surface area contributed by atoms with Gasteiger partial charge in [0.2, 0.25) is 5.91 Å². The number of rotatable bonds is 4. The fourth-order valence-corrected chi connectivity index (χ4v) is 3.76. The van der Waals surface area contributed by atoms with Crippen molar-refractivity contribution in [2.24, 2.45) is 0 Å². The Morgan fingerprint density at radius 1 is 1.04 bits per heavy atom. The summed E-state index contributed by atoms with van der Waals surface area (Å²) in [7, 11) is -3.99. The van der Waals surface area contributed by atoms with E-state index in [1.54, 1.807) is 11.0 Å². The van der Waals surface area contributed by atoms with Gasteiger partial charge in [-0.2, -0.15) is 8.42 Å². The molecule has 1 aliphatic heterocycles. The van der Waals surface area contributed by atoms with Crippen LogP contribution >= 0.6 is 0 Å². The number of anilines is 1. The summed E-state index contributed by atoms with van der Waals surface area (Å²) in [6, 6.07) is 10.5. The van der Waals surface area contributed by atoms with Gasteiger partial charge in [0.1, 0.15) is 10.6 Å². The molecule has 2 aromatic carbocycles. The molecule has 2 aromatic rings. The van der Waals surface area contributed by atoms with Crippen LogP contribution in [0.15, 0.2) is 47.4 Å². The number of hydrogen-bond donors (Lipinski definition) is 0. The van der Waals surface area contributed by atoms with Gasteiger partial charge < -0.3 is 9.08 Å². The zero-order valence-electron chi connectivity index (χ0n) is 13.9. The van der Waals surface area contributed by atoms with Crippen molar-refractivity contribution in [3.8, 4) is 5.75 Å². The van der Waals surface area contributed by atoms with E-state index in [2.05, 4.69) is 0 Å². The quantitative estimate of drug-likeness (QED) is 0.619. The lowest BCUT2D eigenvalue weighted by atomic mass is 10.1. The van der Waals surface area contributed by atoms with E-state index in [1.165, 1.54) is 50.2 Å². The smallest absolute Gasteiger partial charge is 0.339 e. The SMILES string of the molecule is CC(=O)c1ccc(OS(=O)(=O)c2ccc3c(c2)CCN3C(C)=O)cc1. The lowest BCUT2D eigenvalue weighted by Crippen LogP contribution is -2.25. The molecular formula is C18H17NO5S. The standard InChI is InChI=1S/C18H17NO5S/c1-12(20)14-3-5-16(6-4-14)24-25(22,23)17-7-8-18-15(11-17)9-10-19(18)13(2)21/h3-8,11H,9-10H2,1-2H3. The molecule has 0 saturated heterocycles. The molecule has 0 N–H and O–H groups in total. The Hall–Kier alpha value is -2.67. The van der Waals surface area contributed by atoms with Crippen molar-refractivity contribution < 1.29 is 22.2 Å². The highest BCUT2D eigenvalue weighted by Gasteiger charge is 2.25. The van der Waals surface area contributed by atoms with Gasteiger partial charge >= 0.3 is 10.1 Å². The molecule has 1 heterocycles. The van der Waals surface area contributed by atoms with E-state index in [9.17, 15) is 18.0 Å². The lowest BCUT2D eigenvalue weighted by molar-refractivity contribution is -0.116. The first-order chi connectivity index (χ1) is 11.8. The number of amides is 1. The number of fused-ring (bicyclic) bond motifs is 1. The number of ketones is 1. The number of carbonyl (C=O) groups excluding carboxylic acids is 2. The summed E-state index contributed by atoms with van der Waals surface area (Å²) < 4.78 is 30.1. The predicted molar refractivity (Wildman–Crippen MR) is 92.4 cm³/mol. The lowest BCUT2D eigenvalue weighted by Gasteiger charge is -2.15. The molecule has 0 aliphatic carbocycles. The Labute approximate surface area is 146 Å². The van der Waals surface area contributed by atoms with Gasteiger partial charge in [0, 0.05) is 24.7 Å². The molecule has 1 amide bonds. The zero-order valence-corrected chi connectivity index (χ0v) is 14.7. The van der Waals surface area contributed by atoms with Crippen LogP contribution in [0, 0.1) is 0 Å². The van der Waals surface area contributed by atoms with Gasteiger partial charge in [-0.25, -0.2) is 0 Å². The predicted octanol–water partition coefficient (Wildman–Crippen LogP) is 2.57. The second-order valence-corrected chi connectivity index (χ2v) is 7.38. The van der Waals surface area contributed by atoms with E-state index in [1.807, 2.05) is 0 Å². The first-order valence-corrected chi connectivity index (χ1v) is 9.15. The third-order valence-electron chi connectivity index (χ3n) is 4.08. The summed E-state index contributed by atoms with van der Waals surface area (Å²) in [5.74, 6) is -0.0462. The second kappa shape index (κ2) is 6.33. The number of carbonyl (C=O) groups is 2. The van der Waals surface area contributed by atoms with Gasteiger partial charge in [-0.1, -0.05) is 0 Å². The fraction of sp³-hybridized carbons (Fsp3) is 0.222. The molecule has 3 rings (SSSR count). The third-order valence-corrected chi connectivity index (χ3v) is 5.33. The normalized spacial score (nSPS) is 13.4. The van der Waals surface area contributed by atoms with Crippen LogP contribution in [0.4, 0.5) is 5.69 Å². The van der Waals surface area contributed by atoms with Crippen LogP contribution in [0.1, 0.15) is 29.8 Å². The molecule has 0 unspecified atom stereocenters. The average Bonchev–Trinajstić information content (AvgIpc) is 2.98. The third kappa shape index (κ3) is 3.41. The molecule has 0 atom stereocenters. The van der Waals surface area contributed by atoms with Crippen molar-refractivity contribution in [2.45, 2.75) is 25.2 Å². The second-order valence-electron chi connectivity index (χ2n) is 5.83. The Balaban J connectivity index is 1.86. The molecule has 0 spiro atoms. The molecule has 0 fully saturated rings. The maximum absolute atomic E-state index is 12.5. The minimum atomic E-state index is -3.99. The highest BCUT2D eigenvalue weighted by atomic mass is 32.2. The van der Waals surface area contributed by atoms with E-state index in [4.69, 9.17) is 4.18 Å². The van der Waals surface area contributed by atoms with Crippen molar-refractivity contribution in [1.82, 2.24) is 0 Å². The zero-order chi connectivity index (χ0) is 18.2. The highest BCUT2D eigenvalue weighted by molar-refractivity contribution is 7.87. The number of hydrogen-bond acceptors (Lipinski definition) is 5. The molecular weight excluding hydrogens is 342 g/mol. The van der Waals surface area contributed by atoms with Crippen molar-refractivity contribution in [1.29, 1.82) is 0 Å². The van der Waals surface area contributed by atoms with Crippen LogP contribution in [0.25, 0.3) is 0 Å². The molecule has 6 nitrogen and oxygen atoms in total. The Kier molecular flexibility index (Phi) is 4.34. The largest absolute Gasteiger partial charge is 0.379 e. The molecule has 0 radical (unpaired) electrons. The molecule has 0 bridgehead atoms. The van der Waals surface area contributed by atoms with E-state index in [0.717, 1.165) is 11.3 Å². The summed E-state index contributed by atoms with van der Waals surface area (Å²) in [6.07, 6.45) is 0.603. The van der Waals surface area contributed by atoms with Gasteiger partial charge in [-0.05, 0) is 61.4 Å². The van der Waals surface area contributed by atoms with Gasteiger partial charge in [0.15, 0.2) is 5.78 Å². The first kappa shape index (κ1) is 17.2. The maximum Gasteiger partial charge on any atom is 0.339 e. The number of benzene rings is 2. The fourth-order valence-electron chi connectivity index (χ4n) is 2.78. The molecule has 1 aliphatic rings. The average molecular weight is 359 g/mol. The minimum absolute atomic E-state index is 0.0345. The first-order valence-electron chi connectivity index (χ1n) is 7.74. The number of Topliss-reactive ketones (excluding diaryl/α,β-unsaturated/α-hetero) is 1. The summed E-state index contributed by atoms with van der Waals surface area (Å²) in [4.78, 5) is 24.5. The summed E-state index contributed by atoms with van der Waals surface area (Å²) in [5.41, 5.74) is 2.01. The molecule has 0 saturated carbocycles.